The Morgan fingerprint density at radius 2 is 1.71 bits per heavy atom. The molecule has 38 heavy (non-hydrogen) atoms. The summed E-state index contributed by atoms with van der Waals surface area (Å²) >= 11 is 0. The van der Waals surface area contributed by atoms with Crippen LogP contribution in [-0.2, 0) is 9.59 Å². The van der Waals surface area contributed by atoms with Gasteiger partial charge in [-0.2, -0.15) is 0 Å². The molecule has 5 rings (SSSR count). The highest BCUT2D eigenvalue weighted by Crippen LogP contribution is 2.48. The minimum Gasteiger partial charge on any atom is -0.497 e. The molecule has 1 heterocycles. The van der Waals surface area contributed by atoms with E-state index in [1.54, 1.807) is 26.4 Å². The lowest BCUT2D eigenvalue weighted by molar-refractivity contribution is -0.116. The zero-order valence-corrected chi connectivity index (χ0v) is 21.5. The monoisotopic (exact) mass is 512 g/mol. The second kappa shape index (κ2) is 10.5. The first-order valence-electron chi connectivity index (χ1n) is 12.5. The Bertz CT molecular complexity index is 1440. The quantitative estimate of drug-likeness (QED) is 0.434. The van der Waals surface area contributed by atoms with Crippen molar-refractivity contribution >= 4 is 17.4 Å². The lowest BCUT2D eigenvalue weighted by atomic mass is 9.71. The molecule has 1 aliphatic heterocycles. The molecule has 194 valence electrons. The summed E-state index contributed by atoms with van der Waals surface area (Å²) in [4.78, 5) is 27.6. The van der Waals surface area contributed by atoms with Gasteiger partial charge in [0, 0.05) is 40.2 Å². The highest BCUT2D eigenvalue weighted by atomic mass is 19.1. The van der Waals surface area contributed by atoms with Crippen LogP contribution < -0.4 is 20.1 Å². The smallest absolute Gasteiger partial charge is 0.254 e. The molecule has 2 aliphatic rings. The average molecular weight is 513 g/mol. The van der Waals surface area contributed by atoms with E-state index < -0.39 is 11.7 Å². The number of halogens is 1. The summed E-state index contributed by atoms with van der Waals surface area (Å²) < 4.78 is 24.6. The number of Topliss-reactive ketones (excluding diaryl/α,β-unsaturated/α-hetero) is 1. The first kappa shape index (κ1) is 25.3. The third-order valence-electron chi connectivity index (χ3n) is 7.19. The Hall–Kier alpha value is -4.39. The fourth-order valence-electron chi connectivity index (χ4n) is 5.41. The van der Waals surface area contributed by atoms with Gasteiger partial charge in [-0.15, -0.1) is 0 Å². The van der Waals surface area contributed by atoms with Crippen molar-refractivity contribution < 1.29 is 23.5 Å². The van der Waals surface area contributed by atoms with Gasteiger partial charge in [0.15, 0.2) is 5.78 Å². The van der Waals surface area contributed by atoms with Gasteiger partial charge >= 0.3 is 0 Å². The van der Waals surface area contributed by atoms with E-state index in [1.165, 1.54) is 24.3 Å². The van der Waals surface area contributed by atoms with Crippen molar-refractivity contribution in [3.05, 3.63) is 112 Å². The van der Waals surface area contributed by atoms with Crippen LogP contribution >= 0.6 is 0 Å². The number of amides is 1. The van der Waals surface area contributed by atoms with Crippen LogP contribution in [-0.4, -0.2) is 25.9 Å². The van der Waals surface area contributed by atoms with E-state index in [1.807, 2.05) is 43.3 Å². The maximum Gasteiger partial charge on any atom is 0.254 e. The van der Waals surface area contributed by atoms with Gasteiger partial charge in [0.05, 0.1) is 20.1 Å². The standard InChI is InChI=1S/C31H29FN2O4/c1-18-28(31(36)34-22-11-9-21(32)10-12-22)29(24-17-23(37-2)13-14-27(24)38-3)30-25(33-18)15-20(16-26(30)35)19-7-5-4-6-8-19/h4-14,17,20,29,33H,15-16H2,1-3H3,(H,34,36)/t20-,29-/m1/s1. The first-order chi connectivity index (χ1) is 18.4. The number of ether oxygens (including phenoxy) is 2. The molecule has 1 aliphatic carbocycles. The Morgan fingerprint density at radius 3 is 2.39 bits per heavy atom. The number of allylic oxidation sites excluding steroid dienone is 3. The van der Waals surface area contributed by atoms with Crippen LogP contribution in [0.4, 0.5) is 10.1 Å². The fraction of sp³-hybridized carbons (Fsp3) is 0.226. The molecule has 0 saturated heterocycles. The Balaban J connectivity index is 1.62. The summed E-state index contributed by atoms with van der Waals surface area (Å²) in [6.07, 6.45) is 0.970. The van der Waals surface area contributed by atoms with E-state index in [2.05, 4.69) is 10.6 Å². The second-order valence-electron chi connectivity index (χ2n) is 9.50. The number of nitrogens with one attached hydrogen (secondary N) is 2. The van der Waals surface area contributed by atoms with Gasteiger partial charge in [0.1, 0.15) is 17.3 Å². The van der Waals surface area contributed by atoms with Crippen LogP contribution in [0.15, 0.2) is 95.3 Å². The molecule has 0 saturated carbocycles. The van der Waals surface area contributed by atoms with Crippen molar-refractivity contribution in [3.63, 3.8) is 0 Å². The van der Waals surface area contributed by atoms with E-state index in [4.69, 9.17) is 9.47 Å². The number of ketones is 1. The molecule has 3 aromatic rings. The number of methoxy groups -OCH3 is 2. The Labute approximate surface area is 221 Å². The minimum absolute atomic E-state index is 0.0259. The molecule has 0 unspecified atom stereocenters. The Kier molecular flexibility index (Phi) is 7.01. The highest BCUT2D eigenvalue weighted by molar-refractivity contribution is 6.10. The van der Waals surface area contributed by atoms with Crippen molar-refractivity contribution in [3.8, 4) is 11.5 Å². The lowest BCUT2D eigenvalue weighted by Gasteiger charge is -2.37. The summed E-state index contributed by atoms with van der Waals surface area (Å²) in [6, 6.07) is 20.9. The largest absolute Gasteiger partial charge is 0.497 e. The molecular weight excluding hydrogens is 483 g/mol. The third-order valence-corrected chi connectivity index (χ3v) is 7.19. The van der Waals surface area contributed by atoms with Crippen molar-refractivity contribution in [1.29, 1.82) is 0 Å². The van der Waals surface area contributed by atoms with Gasteiger partial charge in [-0.1, -0.05) is 30.3 Å². The molecule has 2 N–H and O–H groups in total. The van der Waals surface area contributed by atoms with Gasteiger partial charge in [-0.25, -0.2) is 4.39 Å². The van der Waals surface area contributed by atoms with E-state index in [0.717, 1.165) is 11.3 Å². The third kappa shape index (κ3) is 4.79. The molecule has 0 aromatic heterocycles. The first-order valence-corrected chi connectivity index (χ1v) is 12.5. The van der Waals surface area contributed by atoms with Crippen molar-refractivity contribution in [1.82, 2.24) is 5.32 Å². The molecule has 3 aromatic carbocycles. The maximum atomic E-state index is 13.9. The molecule has 0 bridgehead atoms. The number of dihydropyridines is 1. The normalized spacial score (nSPS) is 19.0. The predicted octanol–water partition coefficient (Wildman–Crippen LogP) is 5.84. The fourth-order valence-corrected chi connectivity index (χ4v) is 5.41. The molecule has 7 heteroatoms. The molecule has 0 spiro atoms. The summed E-state index contributed by atoms with van der Waals surface area (Å²) in [5, 5.41) is 6.26. The van der Waals surface area contributed by atoms with Crippen LogP contribution in [0, 0.1) is 5.82 Å². The zero-order chi connectivity index (χ0) is 26.8. The number of carbonyl (C=O) groups is 2. The van der Waals surface area contributed by atoms with Crippen LogP contribution in [0.1, 0.15) is 42.7 Å². The van der Waals surface area contributed by atoms with Crippen LogP contribution in [0.2, 0.25) is 0 Å². The van der Waals surface area contributed by atoms with Crippen LogP contribution in [0.3, 0.4) is 0 Å². The number of benzene rings is 3. The summed E-state index contributed by atoms with van der Waals surface area (Å²) in [5.41, 5.74) is 4.61. The number of hydrogen-bond donors (Lipinski definition) is 2. The van der Waals surface area contributed by atoms with Crippen molar-refractivity contribution in [2.24, 2.45) is 0 Å². The zero-order valence-electron chi connectivity index (χ0n) is 21.5. The average Bonchev–Trinajstić information content (AvgIpc) is 2.93. The topological polar surface area (TPSA) is 76.7 Å². The second-order valence-corrected chi connectivity index (χ2v) is 9.50. The van der Waals surface area contributed by atoms with Crippen LogP contribution in [0.5, 0.6) is 11.5 Å². The SMILES string of the molecule is COc1ccc(OC)c([C@@H]2C(C(=O)Nc3ccc(F)cc3)=C(C)NC3=C2C(=O)C[C@H](c2ccccc2)C3)c1. The number of anilines is 1. The lowest BCUT2D eigenvalue weighted by Crippen LogP contribution is -2.37. The summed E-state index contributed by atoms with van der Waals surface area (Å²) in [6.45, 7) is 1.83. The van der Waals surface area contributed by atoms with Crippen molar-refractivity contribution in [2.75, 3.05) is 19.5 Å². The molecule has 0 fully saturated rings. The highest BCUT2D eigenvalue weighted by Gasteiger charge is 2.42. The number of rotatable bonds is 6. The number of carbonyl (C=O) groups excluding carboxylic acids is 2. The van der Waals surface area contributed by atoms with E-state index >= 15 is 0 Å². The van der Waals surface area contributed by atoms with Gasteiger partial charge < -0.3 is 20.1 Å². The molecule has 6 nitrogen and oxygen atoms in total. The van der Waals surface area contributed by atoms with Gasteiger partial charge in [0.2, 0.25) is 0 Å². The van der Waals surface area contributed by atoms with E-state index in [-0.39, 0.29) is 17.6 Å². The summed E-state index contributed by atoms with van der Waals surface area (Å²) in [7, 11) is 3.13. The Morgan fingerprint density at radius 1 is 0.974 bits per heavy atom. The van der Waals surface area contributed by atoms with E-state index in [9.17, 15) is 14.0 Å². The molecule has 1 amide bonds. The summed E-state index contributed by atoms with van der Waals surface area (Å²) in [5.74, 6) is -0.327. The number of hydrogen-bond acceptors (Lipinski definition) is 5. The van der Waals surface area contributed by atoms with Crippen molar-refractivity contribution in [2.45, 2.75) is 31.6 Å². The van der Waals surface area contributed by atoms with Gasteiger partial charge in [-0.05, 0) is 67.3 Å². The van der Waals surface area contributed by atoms with Gasteiger partial charge in [0.25, 0.3) is 5.91 Å². The van der Waals surface area contributed by atoms with Gasteiger partial charge in [-0.3, -0.25) is 9.59 Å². The minimum atomic E-state index is -0.680. The maximum absolute atomic E-state index is 13.9. The molecule has 2 atom stereocenters. The molecular formula is C31H29FN2O4. The van der Waals surface area contributed by atoms with E-state index in [0.29, 0.717) is 52.4 Å². The molecule has 0 radical (unpaired) electrons. The van der Waals surface area contributed by atoms with Crippen LogP contribution in [0.25, 0.3) is 0 Å². The predicted molar refractivity (Wildman–Crippen MR) is 144 cm³/mol.